The van der Waals surface area contributed by atoms with Crippen molar-refractivity contribution in [3.05, 3.63) is 23.8 Å². The molecule has 0 aliphatic heterocycles. The molecule has 0 amide bonds. The maximum absolute atomic E-state index is 11.4. The van der Waals surface area contributed by atoms with Gasteiger partial charge in [0.2, 0.25) is 10.0 Å². The quantitative estimate of drug-likeness (QED) is 0.647. The van der Waals surface area contributed by atoms with Crippen LogP contribution >= 0.6 is 0 Å². The molecule has 0 aliphatic carbocycles. The predicted octanol–water partition coefficient (Wildman–Crippen LogP) is -0.421. The van der Waals surface area contributed by atoms with Gasteiger partial charge in [0, 0.05) is 12.1 Å². The van der Waals surface area contributed by atoms with Crippen LogP contribution in [0.5, 0.6) is 5.75 Å². The van der Waals surface area contributed by atoms with E-state index in [9.17, 15) is 16.8 Å². The second-order valence-electron chi connectivity index (χ2n) is 4.30. The number of sulfonamides is 1. The summed E-state index contributed by atoms with van der Waals surface area (Å²) in [6.45, 7) is 0.136. The lowest BCUT2D eigenvalue weighted by Gasteiger charge is -2.19. The summed E-state index contributed by atoms with van der Waals surface area (Å²) in [4.78, 5) is -0.156. The number of nitrogens with two attached hydrogens (primary N) is 1. The maximum atomic E-state index is 11.4. The van der Waals surface area contributed by atoms with Crippen molar-refractivity contribution in [3.8, 4) is 5.75 Å². The minimum absolute atomic E-state index is 0.136. The van der Waals surface area contributed by atoms with E-state index in [2.05, 4.69) is 5.32 Å². The van der Waals surface area contributed by atoms with Crippen molar-refractivity contribution in [2.24, 2.45) is 5.14 Å². The Morgan fingerprint density at radius 3 is 2.33 bits per heavy atom. The highest BCUT2D eigenvalue weighted by Gasteiger charge is 2.23. The first-order valence-electron chi connectivity index (χ1n) is 5.82. The zero-order valence-electron chi connectivity index (χ0n) is 11.9. The minimum Gasteiger partial charge on any atom is -0.496 e. The van der Waals surface area contributed by atoms with Crippen LogP contribution < -0.4 is 15.2 Å². The number of methoxy groups -OCH3 is 1. The molecule has 0 aliphatic rings. The van der Waals surface area contributed by atoms with Gasteiger partial charge in [-0.2, -0.15) is 8.42 Å². The zero-order valence-corrected chi connectivity index (χ0v) is 13.5. The van der Waals surface area contributed by atoms with Crippen LogP contribution in [0.4, 0.5) is 0 Å². The lowest BCUT2D eigenvalue weighted by molar-refractivity contribution is 0.209. The van der Waals surface area contributed by atoms with Gasteiger partial charge in [-0.1, -0.05) is 0 Å². The third kappa shape index (κ3) is 5.25. The van der Waals surface area contributed by atoms with Crippen LogP contribution in [-0.4, -0.2) is 43.8 Å². The normalized spacial score (nSPS) is 13.9. The summed E-state index contributed by atoms with van der Waals surface area (Å²) in [7, 11) is -4.68. The van der Waals surface area contributed by atoms with Crippen LogP contribution in [0.25, 0.3) is 0 Å². The lowest BCUT2D eigenvalue weighted by atomic mass is 10.1. The van der Waals surface area contributed by atoms with E-state index in [1.54, 1.807) is 7.05 Å². The molecule has 0 heterocycles. The average molecular weight is 338 g/mol. The Bertz CT molecular complexity index is 699. The topological polar surface area (TPSA) is 125 Å². The highest BCUT2D eigenvalue weighted by Crippen LogP contribution is 2.30. The van der Waals surface area contributed by atoms with E-state index in [1.165, 1.54) is 25.3 Å². The SMILES string of the molecule is CNCC(OS(C)(=O)=O)c1cc(S(N)(=O)=O)ccc1OC. The first-order chi connectivity index (χ1) is 9.58. The van der Waals surface area contributed by atoms with Gasteiger partial charge >= 0.3 is 0 Å². The van der Waals surface area contributed by atoms with E-state index < -0.39 is 26.2 Å². The molecular formula is C11H18N2O6S2. The second kappa shape index (κ2) is 6.71. The van der Waals surface area contributed by atoms with Gasteiger partial charge in [0.05, 0.1) is 18.3 Å². The van der Waals surface area contributed by atoms with Crippen LogP contribution in [0.3, 0.4) is 0 Å². The summed E-state index contributed by atoms with van der Waals surface area (Å²) >= 11 is 0. The standard InChI is InChI=1S/C11H18N2O6S2/c1-13-7-11(19-20(3,14)15)9-6-8(21(12,16)17)4-5-10(9)18-2/h4-6,11,13H,7H2,1-3H3,(H2,12,16,17). The van der Waals surface area contributed by atoms with Crippen molar-refractivity contribution < 1.29 is 25.8 Å². The van der Waals surface area contributed by atoms with Crippen LogP contribution in [0.2, 0.25) is 0 Å². The van der Waals surface area contributed by atoms with E-state index in [0.717, 1.165) is 6.26 Å². The number of hydrogen-bond donors (Lipinski definition) is 2. The Morgan fingerprint density at radius 1 is 1.29 bits per heavy atom. The molecule has 21 heavy (non-hydrogen) atoms. The average Bonchev–Trinajstić information content (AvgIpc) is 2.35. The van der Waals surface area contributed by atoms with Gasteiger partial charge in [-0.05, 0) is 25.2 Å². The molecule has 120 valence electrons. The third-order valence-corrected chi connectivity index (χ3v) is 4.05. The van der Waals surface area contributed by atoms with Crippen molar-refractivity contribution in [1.82, 2.24) is 5.32 Å². The van der Waals surface area contributed by atoms with Crippen molar-refractivity contribution in [1.29, 1.82) is 0 Å². The van der Waals surface area contributed by atoms with E-state index in [4.69, 9.17) is 14.1 Å². The van der Waals surface area contributed by atoms with Gasteiger partial charge in [-0.25, -0.2) is 13.6 Å². The van der Waals surface area contributed by atoms with Gasteiger partial charge in [0.25, 0.3) is 10.1 Å². The third-order valence-electron chi connectivity index (χ3n) is 2.56. The maximum Gasteiger partial charge on any atom is 0.265 e. The number of rotatable bonds is 7. The van der Waals surface area contributed by atoms with Gasteiger partial charge in [0.1, 0.15) is 11.9 Å². The Morgan fingerprint density at radius 2 is 1.90 bits per heavy atom. The smallest absolute Gasteiger partial charge is 0.265 e. The Kier molecular flexibility index (Phi) is 5.70. The van der Waals surface area contributed by atoms with Crippen molar-refractivity contribution in [2.75, 3.05) is 27.0 Å². The van der Waals surface area contributed by atoms with Gasteiger partial charge in [0.15, 0.2) is 0 Å². The molecule has 0 saturated heterocycles. The largest absolute Gasteiger partial charge is 0.496 e. The summed E-state index contributed by atoms with van der Waals surface area (Å²) in [6, 6.07) is 3.90. The summed E-state index contributed by atoms with van der Waals surface area (Å²) in [5, 5.41) is 7.85. The highest BCUT2D eigenvalue weighted by atomic mass is 32.2. The molecule has 0 saturated carbocycles. The summed E-state index contributed by atoms with van der Waals surface area (Å²) in [6.07, 6.45) is -0.0345. The van der Waals surface area contributed by atoms with Gasteiger partial charge in [-0.15, -0.1) is 0 Å². The zero-order chi connectivity index (χ0) is 16.3. The molecule has 1 unspecified atom stereocenters. The fraction of sp³-hybridized carbons (Fsp3) is 0.455. The van der Waals surface area contributed by atoms with Crippen LogP contribution in [0.15, 0.2) is 23.1 Å². The van der Waals surface area contributed by atoms with E-state index in [0.29, 0.717) is 5.75 Å². The molecule has 0 bridgehead atoms. The summed E-state index contributed by atoms with van der Waals surface area (Å²) in [5.41, 5.74) is 0.267. The molecule has 0 radical (unpaired) electrons. The Hall–Kier alpha value is -1.20. The number of benzene rings is 1. The molecule has 1 atom stereocenters. The molecular weight excluding hydrogens is 320 g/mol. The number of hydrogen-bond acceptors (Lipinski definition) is 7. The van der Waals surface area contributed by atoms with Crippen LogP contribution in [-0.2, 0) is 24.3 Å². The monoisotopic (exact) mass is 338 g/mol. The number of primary sulfonamides is 1. The van der Waals surface area contributed by atoms with E-state index in [-0.39, 0.29) is 17.0 Å². The highest BCUT2D eigenvalue weighted by molar-refractivity contribution is 7.89. The molecule has 1 aromatic carbocycles. The number of likely N-dealkylation sites (N-methyl/N-ethyl adjacent to an activating group) is 1. The fourth-order valence-electron chi connectivity index (χ4n) is 1.73. The Balaban J connectivity index is 3.40. The molecule has 10 heteroatoms. The number of nitrogens with one attached hydrogen (secondary N) is 1. The van der Waals surface area contributed by atoms with Crippen molar-refractivity contribution in [2.45, 2.75) is 11.0 Å². The van der Waals surface area contributed by atoms with Gasteiger partial charge in [-0.3, -0.25) is 4.18 Å². The number of ether oxygens (including phenoxy) is 1. The molecule has 0 aromatic heterocycles. The van der Waals surface area contributed by atoms with Crippen molar-refractivity contribution in [3.63, 3.8) is 0 Å². The molecule has 1 aromatic rings. The van der Waals surface area contributed by atoms with Crippen LogP contribution in [0, 0.1) is 0 Å². The molecule has 1 rings (SSSR count). The Labute approximate surface area is 124 Å². The molecule has 3 N–H and O–H groups in total. The first kappa shape index (κ1) is 17.9. The van der Waals surface area contributed by atoms with Crippen molar-refractivity contribution >= 4 is 20.1 Å². The predicted molar refractivity (Wildman–Crippen MR) is 77.0 cm³/mol. The summed E-state index contributed by atoms with van der Waals surface area (Å²) in [5.74, 6) is 0.298. The van der Waals surface area contributed by atoms with Crippen LogP contribution in [0.1, 0.15) is 11.7 Å². The lowest BCUT2D eigenvalue weighted by Crippen LogP contribution is -2.23. The molecule has 8 nitrogen and oxygen atoms in total. The first-order valence-corrected chi connectivity index (χ1v) is 9.18. The van der Waals surface area contributed by atoms with E-state index in [1.807, 2.05) is 0 Å². The molecule has 0 spiro atoms. The minimum atomic E-state index is -3.92. The van der Waals surface area contributed by atoms with Gasteiger partial charge < -0.3 is 10.1 Å². The van der Waals surface area contributed by atoms with E-state index >= 15 is 0 Å². The fourth-order valence-corrected chi connectivity index (χ4v) is 2.88. The summed E-state index contributed by atoms with van der Waals surface area (Å²) < 4.78 is 55.6. The molecule has 0 fully saturated rings. The second-order valence-corrected chi connectivity index (χ2v) is 7.46.